The zero-order chi connectivity index (χ0) is 2.71. The van der Waals surface area contributed by atoms with Gasteiger partial charge in [-0.25, -0.2) is 0 Å². The smallest absolute Gasteiger partial charge is 0.274 e. The van der Waals surface area contributed by atoms with E-state index in [4.69, 9.17) is 8.92 Å². The third-order valence-electron chi connectivity index (χ3n) is 0. The second-order valence-electron chi connectivity index (χ2n) is 0.0833. The first kappa shape index (κ1) is 8.82. The van der Waals surface area contributed by atoms with Crippen molar-refractivity contribution in [3.63, 3.8) is 0 Å². The van der Waals surface area contributed by atoms with Gasteiger partial charge in [-0.15, -0.1) is 0 Å². The molecule has 0 N–H and O–H groups in total. The monoisotopic (exact) mass is 158 g/mol. The Morgan fingerprint density at radius 1 is 1.25 bits per heavy atom. The van der Waals surface area contributed by atoms with Gasteiger partial charge in [-0.1, -0.05) is 0 Å². The second-order valence-corrected chi connectivity index (χ2v) is 0.250. The van der Waals surface area contributed by atoms with Gasteiger partial charge in [0, 0.05) is 21.1 Å². The van der Waals surface area contributed by atoms with Crippen molar-refractivity contribution in [3.8, 4) is 0 Å². The van der Waals surface area contributed by atoms with Gasteiger partial charge in [0.25, 0.3) is 0 Å². The molecule has 4 heteroatoms. The Kier molecular flexibility index (Phi) is 21.4. The van der Waals surface area contributed by atoms with Crippen LogP contribution in [0.1, 0.15) is 0 Å². The summed E-state index contributed by atoms with van der Waals surface area (Å²) in [5.41, 5.74) is 0. The van der Waals surface area contributed by atoms with E-state index in [0.29, 0.717) is 0 Å². The van der Waals surface area contributed by atoms with Gasteiger partial charge in [0.05, 0.1) is 0 Å². The van der Waals surface area contributed by atoms with Crippen molar-refractivity contribution < 1.29 is 30.0 Å². The third kappa shape index (κ3) is 22.2. The van der Waals surface area contributed by atoms with Crippen LogP contribution in [0, 0.1) is 0 Å². The maximum absolute atomic E-state index is 8.40. The fourth-order valence-electron chi connectivity index (χ4n) is 0. The van der Waals surface area contributed by atoms with E-state index in [1.54, 1.807) is 0 Å². The van der Waals surface area contributed by atoms with Gasteiger partial charge in [-0.3, -0.25) is 8.92 Å². The molecule has 4 heavy (non-hydrogen) atoms. The topological polar surface area (TPSA) is 34.1 Å². The third-order valence-corrected chi connectivity index (χ3v) is 0. The molecule has 0 saturated carbocycles. The van der Waals surface area contributed by atoms with Gasteiger partial charge in [-0.05, 0) is 0 Å². The molecule has 0 aromatic rings. The fourth-order valence-corrected chi connectivity index (χ4v) is 0. The van der Waals surface area contributed by atoms with E-state index in [1.807, 2.05) is 0 Å². The van der Waals surface area contributed by atoms with Crippen LogP contribution in [0.5, 0.6) is 0 Å². The SMILES string of the molecule is O=[Si]=O.[Mo]. The molecule has 0 saturated heterocycles. The molecule has 0 bridgehead atoms. The van der Waals surface area contributed by atoms with Gasteiger partial charge < -0.3 is 0 Å². The largest absolute Gasteiger partial charge is 0.549 e. The van der Waals surface area contributed by atoms with Crippen molar-refractivity contribution in [1.82, 2.24) is 0 Å². The summed E-state index contributed by atoms with van der Waals surface area (Å²) in [5.74, 6) is 0. The molecule has 0 heterocycles. The Morgan fingerprint density at radius 2 is 1.25 bits per heavy atom. The summed E-state index contributed by atoms with van der Waals surface area (Å²) in [4.78, 5) is 0. The van der Waals surface area contributed by atoms with Crippen molar-refractivity contribution in [2.45, 2.75) is 0 Å². The van der Waals surface area contributed by atoms with Crippen molar-refractivity contribution in [1.29, 1.82) is 0 Å². The van der Waals surface area contributed by atoms with Crippen LogP contribution in [-0.2, 0) is 30.0 Å². The molecule has 0 aliphatic rings. The molecule has 0 spiro atoms. The Hall–Kier alpha value is 0.505. The second kappa shape index (κ2) is 9.71. The van der Waals surface area contributed by atoms with E-state index >= 15 is 0 Å². The number of hydrogen-bond donors (Lipinski definition) is 0. The van der Waals surface area contributed by atoms with Gasteiger partial charge in [0.2, 0.25) is 0 Å². The van der Waals surface area contributed by atoms with Crippen LogP contribution in [0.3, 0.4) is 0 Å². The van der Waals surface area contributed by atoms with E-state index < -0.39 is 9.29 Å². The molecule has 0 aliphatic carbocycles. The van der Waals surface area contributed by atoms with Crippen molar-refractivity contribution in [2.24, 2.45) is 0 Å². The molecule has 0 amide bonds. The van der Waals surface area contributed by atoms with Crippen LogP contribution < -0.4 is 0 Å². The van der Waals surface area contributed by atoms with Crippen molar-refractivity contribution in [2.75, 3.05) is 0 Å². The molecule has 0 rings (SSSR count). The predicted octanol–water partition coefficient (Wildman–Crippen LogP) is -0.621. The number of rotatable bonds is 0. The standard InChI is InChI=1S/Mo.O2Si/c;1-3-2. The molecule has 22 valence electrons. The van der Waals surface area contributed by atoms with E-state index in [1.165, 1.54) is 0 Å². The fraction of sp³-hybridized carbons (Fsp3) is 0. The molecular weight excluding hydrogens is 156 g/mol. The molecule has 0 aliphatic heterocycles. The minimum absolute atomic E-state index is 0. The normalized spacial score (nSPS) is 2.00. The van der Waals surface area contributed by atoms with Crippen LogP contribution in [-0.4, -0.2) is 9.29 Å². The Morgan fingerprint density at radius 3 is 1.25 bits per heavy atom. The minimum Gasteiger partial charge on any atom is -0.274 e. The molecule has 0 radical (unpaired) electrons. The van der Waals surface area contributed by atoms with Crippen molar-refractivity contribution >= 4 is 9.29 Å². The maximum Gasteiger partial charge on any atom is 0.549 e. The van der Waals surface area contributed by atoms with Crippen LogP contribution in [0.25, 0.3) is 0 Å². The summed E-state index contributed by atoms with van der Waals surface area (Å²) in [7, 11) is -1.42. The summed E-state index contributed by atoms with van der Waals surface area (Å²) in [6, 6.07) is 0. The minimum atomic E-state index is -1.42. The average Bonchev–Trinajstić information content (AvgIpc) is 0.918. The molecule has 0 atom stereocenters. The molecule has 0 aromatic carbocycles. The summed E-state index contributed by atoms with van der Waals surface area (Å²) in [5, 5.41) is 0. The Bertz CT molecular complexity index is 27.0. The molecule has 0 aromatic heterocycles. The number of hydrogen-bond acceptors (Lipinski definition) is 2. The van der Waals surface area contributed by atoms with Crippen LogP contribution in [0.2, 0.25) is 0 Å². The van der Waals surface area contributed by atoms with E-state index in [0.717, 1.165) is 0 Å². The van der Waals surface area contributed by atoms with Crippen molar-refractivity contribution in [3.05, 3.63) is 0 Å². The summed E-state index contributed by atoms with van der Waals surface area (Å²) < 4.78 is 16.8. The van der Waals surface area contributed by atoms with Gasteiger partial charge >= 0.3 is 9.29 Å². The van der Waals surface area contributed by atoms with E-state index in [2.05, 4.69) is 0 Å². The summed E-state index contributed by atoms with van der Waals surface area (Å²) >= 11 is 0. The van der Waals surface area contributed by atoms with E-state index in [-0.39, 0.29) is 21.1 Å². The first-order valence-corrected chi connectivity index (χ1v) is 1.22. The first-order chi connectivity index (χ1) is 1.41. The Labute approximate surface area is 39.8 Å². The first-order valence-electron chi connectivity index (χ1n) is 0.408. The zero-order valence-electron chi connectivity index (χ0n) is 1.72. The quantitative estimate of drug-likeness (QED) is 0.438. The molecule has 0 fully saturated rings. The summed E-state index contributed by atoms with van der Waals surface area (Å²) in [6.45, 7) is 0. The van der Waals surface area contributed by atoms with Crippen LogP contribution in [0.4, 0.5) is 0 Å². The molecule has 0 unspecified atom stereocenters. The summed E-state index contributed by atoms with van der Waals surface area (Å²) in [6.07, 6.45) is 0. The van der Waals surface area contributed by atoms with Crippen LogP contribution in [0.15, 0.2) is 0 Å². The predicted molar refractivity (Wildman–Crippen MR) is 7.13 cm³/mol. The van der Waals surface area contributed by atoms with Gasteiger partial charge in [-0.2, -0.15) is 0 Å². The zero-order valence-corrected chi connectivity index (χ0v) is 4.73. The van der Waals surface area contributed by atoms with Gasteiger partial charge in [0.1, 0.15) is 0 Å². The molecular formula is MoO2Si. The van der Waals surface area contributed by atoms with Gasteiger partial charge in [0.15, 0.2) is 0 Å². The van der Waals surface area contributed by atoms with Crippen LogP contribution >= 0.6 is 0 Å². The average molecular weight is 156 g/mol. The molecule has 2 nitrogen and oxygen atoms in total. The van der Waals surface area contributed by atoms with E-state index in [9.17, 15) is 0 Å². The Balaban J connectivity index is 0. The maximum atomic E-state index is 8.40.